The van der Waals surface area contributed by atoms with E-state index in [1.807, 2.05) is 7.05 Å². The largest absolute Gasteiger partial charge is 0.341 e. The molecule has 0 radical (unpaired) electrons. The Morgan fingerprint density at radius 1 is 0.692 bits per heavy atom. The van der Waals surface area contributed by atoms with Crippen LogP contribution >= 0.6 is 0 Å². The van der Waals surface area contributed by atoms with E-state index in [4.69, 9.17) is 0 Å². The van der Waals surface area contributed by atoms with Gasteiger partial charge in [0.1, 0.15) is 6.33 Å². The molecule has 0 bridgehead atoms. The third-order valence-corrected chi connectivity index (χ3v) is 6.29. The Kier molecular flexibility index (Phi) is 4.55. The molecule has 138 valence electrons. The molecule has 2 heterocycles. The molecule has 4 heteroatoms. The van der Waals surface area contributed by atoms with Crippen LogP contribution in [0.1, 0.15) is 50.6 Å². The van der Waals surface area contributed by atoms with E-state index in [-0.39, 0.29) is 0 Å². The Morgan fingerprint density at radius 3 is 1.73 bits per heavy atom. The Labute approximate surface area is 156 Å². The minimum Gasteiger partial charge on any atom is -0.341 e. The van der Waals surface area contributed by atoms with E-state index in [0.717, 1.165) is 5.82 Å². The van der Waals surface area contributed by atoms with Crippen LogP contribution in [0.2, 0.25) is 0 Å². The van der Waals surface area contributed by atoms with Crippen molar-refractivity contribution in [1.82, 2.24) is 19.3 Å². The molecular weight excluding hydrogens is 320 g/mol. The van der Waals surface area contributed by atoms with Gasteiger partial charge in [0.2, 0.25) is 0 Å². The summed E-state index contributed by atoms with van der Waals surface area (Å²) >= 11 is 0. The maximum absolute atomic E-state index is 4.46. The normalized spacial score (nSPS) is 11.4. The Balaban J connectivity index is 2.24. The molecule has 0 amide bonds. The van der Waals surface area contributed by atoms with Gasteiger partial charge < -0.3 is 4.57 Å². The van der Waals surface area contributed by atoms with Gasteiger partial charge in [0.25, 0.3) is 0 Å². The summed E-state index contributed by atoms with van der Waals surface area (Å²) in [4.78, 5) is 4.41. The minimum absolute atomic E-state index is 0.710. The second-order valence-electron chi connectivity index (χ2n) is 7.59. The van der Waals surface area contributed by atoms with Crippen molar-refractivity contribution in [2.75, 3.05) is 0 Å². The van der Waals surface area contributed by atoms with E-state index >= 15 is 0 Å². The molecule has 0 aliphatic carbocycles. The summed E-state index contributed by atoms with van der Waals surface area (Å²) < 4.78 is 4.11. The van der Waals surface area contributed by atoms with Crippen LogP contribution in [0.3, 0.4) is 0 Å². The summed E-state index contributed by atoms with van der Waals surface area (Å²) in [6.45, 7) is 18.6. The molecule has 0 saturated carbocycles. The van der Waals surface area contributed by atoms with E-state index in [2.05, 4.69) is 70.0 Å². The van der Waals surface area contributed by atoms with E-state index in [1.165, 1.54) is 55.9 Å². The molecule has 0 aliphatic heterocycles. The molecule has 2 aromatic heterocycles. The maximum atomic E-state index is 4.46. The fourth-order valence-electron chi connectivity index (χ4n) is 4.12. The molecule has 26 heavy (non-hydrogen) atoms. The molecule has 3 aromatic rings. The monoisotopic (exact) mass is 350 g/mol. The average molecular weight is 351 g/mol. The van der Waals surface area contributed by atoms with Crippen molar-refractivity contribution in [3.05, 3.63) is 56.9 Å². The van der Waals surface area contributed by atoms with Crippen molar-refractivity contribution >= 4 is 0 Å². The van der Waals surface area contributed by atoms with E-state index in [0.29, 0.717) is 6.54 Å². The summed E-state index contributed by atoms with van der Waals surface area (Å²) in [5.74, 6) is 0.852. The lowest BCUT2D eigenvalue weighted by molar-refractivity contribution is 0.681. The lowest BCUT2D eigenvalue weighted by Crippen LogP contribution is -2.06. The maximum Gasteiger partial charge on any atom is 0.170 e. The lowest BCUT2D eigenvalue weighted by atomic mass is 9.85. The van der Waals surface area contributed by atoms with Crippen LogP contribution in [-0.2, 0) is 13.6 Å². The topological polar surface area (TPSA) is 35.6 Å². The van der Waals surface area contributed by atoms with Crippen molar-refractivity contribution < 1.29 is 0 Å². The third kappa shape index (κ3) is 2.68. The van der Waals surface area contributed by atoms with E-state index < -0.39 is 0 Å². The van der Waals surface area contributed by atoms with E-state index in [9.17, 15) is 0 Å². The summed E-state index contributed by atoms with van der Waals surface area (Å²) in [7, 11) is 1.91. The lowest BCUT2D eigenvalue weighted by Gasteiger charge is -2.20. The molecule has 0 N–H and O–H groups in total. The van der Waals surface area contributed by atoms with Crippen LogP contribution in [0, 0.1) is 55.4 Å². The highest BCUT2D eigenvalue weighted by Crippen LogP contribution is 2.39. The highest BCUT2D eigenvalue weighted by molar-refractivity contribution is 5.79. The van der Waals surface area contributed by atoms with Crippen LogP contribution in [0.5, 0.6) is 0 Å². The molecular formula is C22H30N4. The van der Waals surface area contributed by atoms with Crippen LogP contribution in [0.4, 0.5) is 0 Å². The Hall–Kier alpha value is -2.36. The van der Waals surface area contributed by atoms with Gasteiger partial charge in [0.15, 0.2) is 5.82 Å². The van der Waals surface area contributed by atoms with Crippen molar-refractivity contribution in [3.8, 4) is 11.1 Å². The summed E-state index contributed by atoms with van der Waals surface area (Å²) in [5, 5.41) is 4.46. The number of hydrogen-bond acceptors (Lipinski definition) is 2. The molecule has 0 aliphatic rings. The number of aromatic nitrogens is 4. The number of nitrogens with zero attached hydrogens (tertiary/aromatic N) is 4. The van der Waals surface area contributed by atoms with Crippen LogP contribution in [0.25, 0.3) is 11.1 Å². The van der Waals surface area contributed by atoms with Gasteiger partial charge in [-0.1, -0.05) is 0 Å². The van der Waals surface area contributed by atoms with Gasteiger partial charge in [-0.2, -0.15) is 5.10 Å². The predicted octanol–water partition coefficient (Wildman–Crippen LogP) is 4.80. The summed E-state index contributed by atoms with van der Waals surface area (Å²) in [6.07, 6.45) is 1.76. The smallest absolute Gasteiger partial charge is 0.170 e. The summed E-state index contributed by atoms with van der Waals surface area (Å²) in [5.41, 5.74) is 13.7. The Morgan fingerprint density at radius 2 is 1.23 bits per heavy atom. The first-order valence-electron chi connectivity index (χ1n) is 9.23. The first-order chi connectivity index (χ1) is 12.1. The second-order valence-corrected chi connectivity index (χ2v) is 7.59. The SMILES string of the molecule is Cc1c(C)c(C)c(-c2c(C)c(C)n(Cc3ncn(C)n3)c2C)c(C)c1C. The molecule has 0 fully saturated rings. The second kappa shape index (κ2) is 6.42. The van der Waals surface area contributed by atoms with Crippen molar-refractivity contribution in [2.45, 2.75) is 61.9 Å². The van der Waals surface area contributed by atoms with Crippen LogP contribution in [-0.4, -0.2) is 19.3 Å². The fourth-order valence-corrected chi connectivity index (χ4v) is 4.12. The van der Waals surface area contributed by atoms with E-state index in [1.54, 1.807) is 11.0 Å². The molecule has 3 rings (SSSR count). The van der Waals surface area contributed by atoms with Crippen molar-refractivity contribution in [3.63, 3.8) is 0 Å². The third-order valence-electron chi connectivity index (χ3n) is 6.29. The molecule has 0 atom stereocenters. The van der Waals surface area contributed by atoms with Crippen molar-refractivity contribution in [2.24, 2.45) is 7.05 Å². The highest BCUT2D eigenvalue weighted by atomic mass is 15.3. The van der Waals surface area contributed by atoms with Crippen LogP contribution < -0.4 is 0 Å². The average Bonchev–Trinajstić information content (AvgIpc) is 3.10. The summed E-state index contributed by atoms with van der Waals surface area (Å²) in [6, 6.07) is 0. The quantitative estimate of drug-likeness (QED) is 0.680. The van der Waals surface area contributed by atoms with Crippen LogP contribution in [0.15, 0.2) is 6.33 Å². The molecule has 0 saturated heterocycles. The van der Waals surface area contributed by atoms with Gasteiger partial charge >= 0.3 is 0 Å². The zero-order valence-corrected chi connectivity index (χ0v) is 17.6. The zero-order chi connectivity index (χ0) is 19.3. The standard InChI is InChI=1S/C22H30N4/c1-12-13(2)15(4)21(16(5)14(12)3)22-17(6)18(7)26(19(22)8)10-20-23-11-25(9)24-20/h11H,10H2,1-9H3. The van der Waals surface area contributed by atoms with Gasteiger partial charge in [-0.25, -0.2) is 4.98 Å². The molecule has 0 spiro atoms. The molecule has 4 nitrogen and oxygen atoms in total. The first-order valence-corrected chi connectivity index (χ1v) is 9.23. The van der Waals surface area contributed by atoms with Gasteiger partial charge in [-0.05, 0) is 94.3 Å². The van der Waals surface area contributed by atoms with Gasteiger partial charge in [0, 0.05) is 24.0 Å². The predicted molar refractivity (Wildman–Crippen MR) is 108 cm³/mol. The zero-order valence-electron chi connectivity index (χ0n) is 17.6. The number of benzene rings is 1. The van der Waals surface area contributed by atoms with Crippen molar-refractivity contribution in [1.29, 1.82) is 0 Å². The number of rotatable bonds is 3. The molecule has 1 aromatic carbocycles. The minimum atomic E-state index is 0.710. The number of aryl methyl sites for hydroxylation is 1. The van der Waals surface area contributed by atoms with Gasteiger partial charge in [-0.15, -0.1) is 0 Å². The fraction of sp³-hybridized carbons (Fsp3) is 0.455. The van der Waals surface area contributed by atoms with Gasteiger partial charge in [-0.3, -0.25) is 4.68 Å². The van der Waals surface area contributed by atoms with Gasteiger partial charge in [0.05, 0.1) is 6.54 Å². The Bertz CT molecular complexity index is 973. The number of hydrogen-bond donors (Lipinski definition) is 0. The first kappa shape index (κ1) is 18.4. The molecule has 0 unspecified atom stereocenters. The highest BCUT2D eigenvalue weighted by Gasteiger charge is 2.22.